The Hall–Kier alpha value is -0.940. The second-order valence-corrected chi connectivity index (χ2v) is 5.40. The Balaban J connectivity index is 1.97. The molecule has 17 heavy (non-hydrogen) atoms. The molecule has 0 aliphatic carbocycles. The summed E-state index contributed by atoms with van der Waals surface area (Å²) < 4.78 is 5.32. The molecule has 1 aromatic heterocycles. The average Bonchev–Trinajstić information content (AvgIpc) is 2.78. The number of hydrogen-bond acceptors (Lipinski definition) is 4. The molecule has 1 aliphatic heterocycles. The van der Waals surface area contributed by atoms with Gasteiger partial charge in [0.25, 0.3) is 0 Å². The molecule has 1 N–H and O–H groups in total. The molecule has 1 saturated heterocycles. The van der Waals surface area contributed by atoms with Gasteiger partial charge in [-0.15, -0.1) is 11.3 Å². The van der Waals surface area contributed by atoms with Gasteiger partial charge in [0, 0.05) is 30.9 Å². The van der Waals surface area contributed by atoms with E-state index in [1.165, 1.54) is 0 Å². The number of rotatable bonds is 4. The van der Waals surface area contributed by atoms with Crippen molar-refractivity contribution >= 4 is 17.3 Å². The van der Waals surface area contributed by atoms with E-state index >= 15 is 0 Å². The van der Waals surface area contributed by atoms with Crippen LogP contribution in [0.25, 0.3) is 0 Å². The van der Waals surface area contributed by atoms with E-state index in [0.717, 1.165) is 36.8 Å². The molecule has 0 radical (unpaired) electrons. The van der Waals surface area contributed by atoms with Crippen molar-refractivity contribution in [1.29, 1.82) is 0 Å². The molecular formula is C12H17NO3S. The van der Waals surface area contributed by atoms with E-state index in [4.69, 9.17) is 9.84 Å². The minimum absolute atomic E-state index is 0.361. The minimum Gasteiger partial charge on any atom is -0.481 e. The van der Waals surface area contributed by atoms with E-state index in [1.54, 1.807) is 18.3 Å². The normalized spacial score (nSPS) is 19.1. The van der Waals surface area contributed by atoms with Crippen LogP contribution in [0.15, 0.2) is 5.38 Å². The van der Waals surface area contributed by atoms with Crippen molar-refractivity contribution in [2.75, 3.05) is 13.2 Å². The minimum atomic E-state index is -0.759. The fraction of sp³-hybridized carbons (Fsp3) is 0.667. The van der Waals surface area contributed by atoms with Gasteiger partial charge in [0.2, 0.25) is 0 Å². The van der Waals surface area contributed by atoms with Crippen molar-refractivity contribution in [3.63, 3.8) is 0 Å². The summed E-state index contributed by atoms with van der Waals surface area (Å²) in [5.41, 5.74) is 0.909. The zero-order chi connectivity index (χ0) is 12.3. The first-order valence-electron chi connectivity index (χ1n) is 5.91. The van der Waals surface area contributed by atoms with Crippen LogP contribution >= 0.6 is 11.3 Å². The molecule has 0 bridgehead atoms. The molecule has 0 saturated carbocycles. The van der Waals surface area contributed by atoms with E-state index < -0.39 is 5.97 Å². The van der Waals surface area contributed by atoms with Crippen LogP contribution in [0.2, 0.25) is 0 Å². The van der Waals surface area contributed by atoms with Crippen molar-refractivity contribution in [3.05, 3.63) is 16.1 Å². The number of thiazole rings is 1. The molecule has 2 rings (SSSR count). The molecule has 94 valence electrons. The number of nitrogens with zero attached hydrogens (tertiary/aromatic N) is 1. The predicted octanol–water partition coefficient (Wildman–Crippen LogP) is 2.30. The van der Waals surface area contributed by atoms with Gasteiger partial charge in [0.15, 0.2) is 0 Å². The number of carbonyl (C=O) groups is 1. The molecule has 0 aromatic carbocycles. The lowest BCUT2D eigenvalue weighted by atomic mass is 10.0. The first kappa shape index (κ1) is 12.5. The Morgan fingerprint density at radius 1 is 1.65 bits per heavy atom. The van der Waals surface area contributed by atoms with Gasteiger partial charge >= 0.3 is 5.97 Å². The molecular weight excluding hydrogens is 238 g/mol. The van der Waals surface area contributed by atoms with Gasteiger partial charge in [0.05, 0.1) is 16.6 Å². The standard InChI is InChI=1S/C12H17NO3S/c1-8(12(14)15)6-10-7-17-11(13-10)9-2-4-16-5-3-9/h7-9H,2-6H2,1H3,(H,14,15). The molecule has 1 atom stereocenters. The summed E-state index contributed by atoms with van der Waals surface area (Å²) in [7, 11) is 0. The highest BCUT2D eigenvalue weighted by molar-refractivity contribution is 7.09. The second kappa shape index (κ2) is 5.60. The lowest BCUT2D eigenvalue weighted by Crippen LogP contribution is -2.14. The number of carboxylic acids is 1. The third-order valence-electron chi connectivity index (χ3n) is 3.08. The van der Waals surface area contributed by atoms with Gasteiger partial charge < -0.3 is 9.84 Å². The van der Waals surface area contributed by atoms with Crippen molar-refractivity contribution in [1.82, 2.24) is 4.98 Å². The molecule has 1 aliphatic rings. The van der Waals surface area contributed by atoms with Gasteiger partial charge in [-0.25, -0.2) is 4.98 Å². The van der Waals surface area contributed by atoms with Gasteiger partial charge in [-0.05, 0) is 12.8 Å². The van der Waals surface area contributed by atoms with E-state index in [1.807, 2.05) is 5.38 Å². The smallest absolute Gasteiger partial charge is 0.306 e. The van der Waals surface area contributed by atoms with Gasteiger partial charge in [-0.3, -0.25) is 4.79 Å². The predicted molar refractivity (Wildman–Crippen MR) is 65.4 cm³/mol. The van der Waals surface area contributed by atoms with Crippen LogP contribution in [0.5, 0.6) is 0 Å². The number of hydrogen-bond donors (Lipinski definition) is 1. The second-order valence-electron chi connectivity index (χ2n) is 4.51. The first-order valence-corrected chi connectivity index (χ1v) is 6.79. The van der Waals surface area contributed by atoms with Crippen LogP contribution < -0.4 is 0 Å². The van der Waals surface area contributed by atoms with Crippen molar-refractivity contribution in [2.24, 2.45) is 5.92 Å². The lowest BCUT2D eigenvalue weighted by molar-refractivity contribution is -0.141. The number of carboxylic acid groups (broad SMARTS) is 1. The van der Waals surface area contributed by atoms with Crippen molar-refractivity contribution in [3.8, 4) is 0 Å². The van der Waals surface area contributed by atoms with Crippen molar-refractivity contribution < 1.29 is 14.6 Å². The maximum absolute atomic E-state index is 10.8. The van der Waals surface area contributed by atoms with Gasteiger partial charge in [0.1, 0.15) is 0 Å². The Morgan fingerprint density at radius 3 is 3.00 bits per heavy atom. The Bertz CT molecular complexity index is 385. The van der Waals surface area contributed by atoms with Crippen LogP contribution in [-0.4, -0.2) is 29.3 Å². The Labute approximate surface area is 105 Å². The topological polar surface area (TPSA) is 59.4 Å². The maximum Gasteiger partial charge on any atom is 0.306 e. The first-order chi connectivity index (χ1) is 8.16. The molecule has 1 fully saturated rings. The molecule has 1 aromatic rings. The summed E-state index contributed by atoms with van der Waals surface area (Å²) in [5, 5.41) is 12.0. The SMILES string of the molecule is CC(Cc1csc(C2CCOCC2)n1)C(=O)O. The van der Waals surface area contributed by atoms with E-state index in [-0.39, 0.29) is 5.92 Å². The fourth-order valence-electron chi connectivity index (χ4n) is 1.95. The molecule has 5 heteroatoms. The highest BCUT2D eigenvalue weighted by Crippen LogP contribution is 2.29. The van der Waals surface area contributed by atoms with Crippen LogP contribution in [0.3, 0.4) is 0 Å². The van der Waals surface area contributed by atoms with Crippen LogP contribution in [0, 0.1) is 5.92 Å². The molecule has 4 nitrogen and oxygen atoms in total. The average molecular weight is 255 g/mol. The van der Waals surface area contributed by atoms with Crippen LogP contribution in [0.1, 0.15) is 36.4 Å². The monoisotopic (exact) mass is 255 g/mol. The van der Waals surface area contributed by atoms with Crippen LogP contribution in [0.4, 0.5) is 0 Å². The number of ether oxygens (including phenoxy) is 1. The lowest BCUT2D eigenvalue weighted by Gasteiger charge is -2.19. The summed E-state index contributed by atoms with van der Waals surface area (Å²) in [6, 6.07) is 0. The highest BCUT2D eigenvalue weighted by Gasteiger charge is 2.20. The summed E-state index contributed by atoms with van der Waals surface area (Å²) in [4.78, 5) is 15.3. The highest BCUT2D eigenvalue weighted by atomic mass is 32.1. The zero-order valence-electron chi connectivity index (χ0n) is 9.89. The molecule has 2 heterocycles. The summed E-state index contributed by atoms with van der Waals surface area (Å²) in [6.45, 7) is 3.34. The summed E-state index contributed by atoms with van der Waals surface area (Å²) >= 11 is 1.65. The number of aliphatic carboxylic acids is 1. The quantitative estimate of drug-likeness (QED) is 0.896. The van der Waals surface area contributed by atoms with Crippen molar-refractivity contribution in [2.45, 2.75) is 32.1 Å². The molecule has 1 unspecified atom stereocenters. The van der Waals surface area contributed by atoms with Gasteiger partial charge in [-0.1, -0.05) is 6.92 Å². The third kappa shape index (κ3) is 3.26. The van der Waals surface area contributed by atoms with E-state index in [9.17, 15) is 4.79 Å². The molecule has 0 amide bonds. The zero-order valence-corrected chi connectivity index (χ0v) is 10.7. The maximum atomic E-state index is 10.8. The largest absolute Gasteiger partial charge is 0.481 e. The van der Waals surface area contributed by atoms with E-state index in [2.05, 4.69) is 4.98 Å². The summed E-state index contributed by atoms with van der Waals surface area (Å²) in [5.74, 6) is -0.618. The van der Waals surface area contributed by atoms with E-state index in [0.29, 0.717) is 12.3 Å². The third-order valence-corrected chi connectivity index (χ3v) is 4.13. The Morgan fingerprint density at radius 2 is 2.35 bits per heavy atom. The van der Waals surface area contributed by atoms with Crippen LogP contribution in [-0.2, 0) is 16.0 Å². The fourth-order valence-corrected chi connectivity index (χ4v) is 2.95. The summed E-state index contributed by atoms with van der Waals surface area (Å²) in [6.07, 6.45) is 2.58. The molecule has 0 spiro atoms. The van der Waals surface area contributed by atoms with Gasteiger partial charge in [-0.2, -0.15) is 0 Å². The number of aromatic nitrogens is 1. The Kier molecular flexibility index (Phi) is 4.12.